The van der Waals surface area contributed by atoms with Crippen LogP contribution in [0.15, 0.2) is 42.0 Å². The van der Waals surface area contributed by atoms with Crippen LogP contribution in [0.1, 0.15) is 19.8 Å². The van der Waals surface area contributed by atoms with Gasteiger partial charge in [-0.3, -0.25) is 0 Å². The van der Waals surface area contributed by atoms with E-state index in [0.29, 0.717) is 13.0 Å². The molecular weight excluding hydrogens is 419 g/mol. The maximum absolute atomic E-state index is 11.3. The van der Waals surface area contributed by atoms with Crippen molar-refractivity contribution in [2.45, 2.75) is 56.1 Å². The van der Waals surface area contributed by atoms with Gasteiger partial charge in [0.25, 0.3) is 0 Å². The molecule has 1 aromatic rings. The molecule has 2 aliphatic rings. The summed E-state index contributed by atoms with van der Waals surface area (Å²) in [5.74, 6) is 2.64. The number of hydrogen-bond acceptors (Lipinski definition) is 3. The van der Waals surface area contributed by atoms with Gasteiger partial charge in [-0.2, -0.15) is 0 Å². The van der Waals surface area contributed by atoms with E-state index in [-0.39, 0.29) is 19.8 Å². The molecule has 0 amide bonds. The van der Waals surface area contributed by atoms with Gasteiger partial charge in [-0.25, -0.2) is 0 Å². The number of methoxy groups -OCH3 is 1. The number of benzene rings is 1. The number of aliphatic hydroxyl groups excluding tert-OH is 1. The maximum atomic E-state index is 11.3. The van der Waals surface area contributed by atoms with Crippen LogP contribution < -0.4 is 4.46 Å². The first-order valence-electron chi connectivity index (χ1n) is 9.48. The molecular formula is C22H30O3SeSi. The summed E-state index contributed by atoms with van der Waals surface area (Å²) >= 11 is 0.123. The predicted molar refractivity (Wildman–Crippen MR) is 114 cm³/mol. The van der Waals surface area contributed by atoms with Gasteiger partial charge in [0.05, 0.1) is 0 Å². The van der Waals surface area contributed by atoms with E-state index in [4.69, 9.17) is 9.47 Å². The molecule has 1 heterocycles. The van der Waals surface area contributed by atoms with Gasteiger partial charge < -0.3 is 0 Å². The summed E-state index contributed by atoms with van der Waals surface area (Å²) in [6.07, 6.45) is 2.95. The Morgan fingerprint density at radius 2 is 2.04 bits per heavy atom. The molecule has 0 spiro atoms. The van der Waals surface area contributed by atoms with Gasteiger partial charge in [-0.05, 0) is 0 Å². The summed E-state index contributed by atoms with van der Waals surface area (Å²) in [4.78, 5) is 0.122. The Hall–Kier alpha value is -0.864. The minimum absolute atomic E-state index is 0.122. The molecule has 146 valence electrons. The molecule has 0 radical (unpaired) electrons. The fourth-order valence-electron chi connectivity index (χ4n) is 4.01. The summed E-state index contributed by atoms with van der Waals surface area (Å²) in [5.41, 5.74) is 4.19. The van der Waals surface area contributed by atoms with Crippen LogP contribution in [0.5, 0.6) is 0 Å². The van der Waals surface area contributed by atoms with Crippen molar-refractivity contribution in [3.8, 4) is 11.5 Å². The van der Waals surface area contributed by atoms with Gasteiger partial charge in [0.2, 0.25) is 0 Å². The number of hydrogen-bond donors (Lipinski definition) is 1. The summed E-state index contributed by atoms with van der Waals surface area (Å²) in [6.45, 7) is 9.29. The monoisotopic (exact) mass is 450 g/mol. The molecule has 0 unspecified atom stereocenters. The van der Waals surface area contributed by atoms with E-state index in [1.165, 1.54) is 10.0 Å². The number of ether oxygens (including phenoxy) is 2. The Morgan fingerprint density at radius 3 is 2.67 bits per heavy atom. The molecule has 1 aromatic carbocycles. The molecule has 3 nitrogen and oxygen atoms in total. The van der Waals surface area contributed by atoms with Crippen LogP contribution in [0.3, 0.4) is 0 Å². The van der Waals surface area contributed by atoms with Crippen LogP contribution in [-0.2, 0) is 9.47 Å². The van der Waals surface area contributed by atoms with Crippen LogP contribution in [0.4, 0.5) is 0 Å². The second kappa shape index (κ2) is 7.87. The van der Waals surface area contributed by atoms with Gasteiger partial charge in [-0.1, -0.05) is 0 Å². The third-order valence-electron chi connectivity index (χ3n) is 5.22. The summed E-state index contributed by atoms with van der Waals surface area (Å²) in [7, 11) is 0.286. The van der Waals surface area contributed by atoms with Crippen molar-refractivity contribution >= 4 is 27.5 Å². The summed E-state index contributed by atoms with van der Waals surface area (Å²) in [6, 6.07) is 10.5. The van der Waals surface area contributed by atoms with Crippen molar-refractivity contribution in [1.82, 2.24) is 0 Å². The van der Waals surface area contributed by atoms with Crippen LogP contribution in [0, 0.1) is 16.9 Å². The molecule has 1 aliphatic heterocycles. The van der Waals surface area contributed by atoms with E-state index >= 15 is 0 Å². The van der Waals surface area contributed by atoms with E-state index in [1.807, 2.05) is 6.07 Å². The van der Waals surface area contributed by atoms with Gasteiger partial charge >= 0.3 is 171 Å². The Balaban J connectivity index is 1.95. The fourth-order valence-corrected chi connectivity index (χ4v) is 7.84. The third-order valence-corrected chi connectivity index (χ3v) is 9.45. The second-order valence-electron chi connectivity index (χ2n) is 8.67. The average Bonchev–Trinajstić information content (AvgIpc) is 2.80. The zero-order chi connectivity index (χ0) is 19.7. The molecule has 2 bridgehead atoms. The molecule has 4 atom stereocenters. The molecule has 27 heavy (non-hydrogen) atoms. The zero-order valence-corrected chi connectivity index (χ0v) is 19.6. The topological polar surface area (TPSA) is 38.7 Å². The molecule has 1 saturated heterocycles. The van der Waals surface area contributed by atoms with Crippen molar-refractivity contribution in [1.29, 1.82) is 0 Å². The summed E-state index contributed by atoms with van der Waals surface area (Å²) < 4.78 is 13.6. The zero-order valence-electron chi connectivity index (χ0n) is 16.9. The Bertz CT molecular complexity index is 761. The first-order chi connectivity index (χ1) is 12.7. The minimum atomic E-state index is -1.45. The van der Waals surface area contributed by atoms with Crippen LogP contribution in [0.2, 0.25) is 24.5 Å². The van der Waals surface area contributed by atoms with E-state index in [0.717, 1.165) is 6.42 Å². The average molecular weight is 450 g/mol. The number of aliphatic hydroxyl groups is 1. The molecule has 0 aromatic heterocycles. The Labute approximate surface area is 170 Å². The molecule has 5 heteroatoms. The van der Waals surface area contributed by atoms with Crippen molar-refractivity contribution in [2.24, 2.45) is 5.41 Å². The van der Waals surface area contributed by atoms with Crippen LogP contribution in [0.25, 0.3) is 0 Å². The molecule has 1 aliphatic carbocycles. The quantitative estimate of drug-likeness (QED) is 0.427. The molecule has 1 fully saturated rings. The van der Waals surface area contributed by atoms with Gasteiger partial charge in [0.15, 0.2) is 0 Å². The van der Waals surface area contributed by atoms with Gasteiger partial charge in [0, 0.05) is 0 Å². The Kier molecular flexibility index (Phi) is 6.08. The van der Waals surface area contributed by atoms with E-state index in [1.54, 1.807) is 7.11 Å². The Morgan fingerprint density at radius 1 is 1.33 bits per heavy atom. The first-order valence-corrected chi connectivity index (χ1v) is 14.8. The number of rotatable bonds is 5. The normalized spacial score (nSPS) is 31.0. The first kappa shape index (κ1) is 20.9. The standard InChI is InChI=1S/C22H30O3SeSi/c1-17-14-21(19(23)12-9-13-27(3,4)5)16-25-22(15-17,24-2)20(21)26-18-10-7-6-8-11-18/h6-8,10-11,14,19-20,23H,12,15-16H2,1-5H3/t19-,20+,21+,22+/m1/s1. The number of fused-ring (bicyclic) bond motifs is 2. The second-order valence-corrected chi connectivity index (χ2v) is 15.9. The molecule has 3 rings (SSSR count). The van der Waals surface area contributed by atoms with Gasteiger partial charge in [0.1, 0.15) is 0 Å². The van der Waals surface area contributed by atoms with E-state index < -0.39 is 25.4 Å². The van der Waals surface area contributed by atoms with E-state index in [2.05, 4.69) is 68.4 Å². The van der Waals surface area contributed by atoms with E-state index in [9.17, 15) is 5.11 Å². The van der Waals surface area contributed by atoms with Crippen molar-refractivity contribution < 1.29 is 14.6 Å². The van der Waals surface area contributed by atoms with Crippen molar-refractivity contribution in [2.75, 3.05) is 13.7 Å². The van der Waals surface area contributed by atoms with Crippen LogP contribution >= 0.6 is 0 Å². The summed E-state index contributed by atoms with van der Waals surface area (Å²) in [5, 5.41) is 11.3. The fraction of sp³-hybridized carbons (Fsp3) is 0.545. The SMILES string of the molecule is CO[C@@]12CC(C)=C[C@@]([C@H](O)CC#C[Si](C)(C)C)(CO1)[C@@H]2[Se]c1ccccc1. The molecule has 0 saturated carbocycles. The van der Waals surface area contributed by atoms with Crippen molar-refractivity contribution in [3.63, 3.8) is 0 Å². The van der Waals surface area contributed by atoms with Gasteiger partial charge in [-0.15, -0.1) is 0 Å². The molecule has 1 N–H and O–H groups in total. The van der Waals surface area contributed by atoms with Crippen LogP contribution in [-0.4, -0.2) is 53.7 Å². The van der Waals surface area contributed by atoms with Crippen molar-refractivity contribution in [3.05, 3.63) is 42.0 Å². The third kappa shape index (κ3) is 4.27. The predicted octanol–water partition coefficient (Wildman–Crippen LogP) is 3.15.